The number of hydrogen-bond donors (Lipinski definition) is 2. The first-order valence-corrected chi connectivity index (χ1v) is 8.89. The fourth-order valence-electron chi connectivity index (χ4n) is 2.59. The summed E-state index contributed by atoms with van der Waals surface area (Å²) in [6, 6.07) is 12.6. The second kappa shape index (κ2) is 9.97. The van der Waals surface area contributed by atoms with Crippen LogP contribution in [0.25, 0.3) is 0 Å². The molecule has 2 rings (SSSR count). The molecule has 0 fully saturated rings. The van der Waals surface area contributed by atoms with Crippen molar-refractivity contribution >= 4 is 17.6 Å². The maximum atomic E-state index is 12.0. The minimum atomic E-state index is -1.10. The van der Waals surface area contributed by atoms with Gasteiger partial charge in [0.1, 0.15) is 5.75 Å². The summed E-state index contributed by atoms with van der Waals surface area (Å²) in [5.74, 6) is -1.34. The van der Waals surface area contributed by atoms with Crippen molar-refractivity contribution in [1.82, 2.24) is 0 Å². The Morgan fingerprint density at radius 2 is 1.89 bits per heavy atom. The molecule has 0 aromatic heterocycles. The Morgan fingerprint density at radius 1 is 1.18 bits per heavy atom. The van der Waals surface area contributed by atoms with Crippen molar-refractivity contribution in [2.75, 3.05) is 18.5 Å². The number of carboxylic acids is 1. The number of nitrogens with zero attached hydrogens (tertiary/aromatic N) is 1. The number of hydrogen-bond acceptors (Lipinski definition) is 6. The van der Waals surface area contributed by atoms with Gasteiger partial charge in [0.2, 0.25) is 0 Å². The third-order valence-electron chi connectivity index (χ3n) is 4.02. The van der Waals surface area contributed by atoms with Gasteiger partial charge in [0.05, 0.1) is 18.2 Å². The Labute approximate surface area is 163 Å². The Balaban J connectivity index is 2.33. The maximum Gasteiger partial charge on any atom is 0.344 e. The van der Waals surface area contributed by atoms with E-state index in [1.54, 1.807) is 43.3 Å². The molecule has 7 nitrogen and oxygen atoms in total. The molecular weight excluding hydrogens is 360 g/mol. The van der Waals surface area contributed by atoms with Crippen molar-refractivity contribution in [3.8, 4) is 11.8 Å². The van der Waals surface area contributed by atoms with Gasteiger partial charge in [0.15, 0.2) is 12.6 Å². The molecule has 2 aromatic carbocycles. The number of carbonyl (C=O) groups excluding carboxylic acids is 1. The Bertz CT molecular complexity index is 871. The fourth-order valence-corrected chi connectivity index (χ4v) is 2.59. The van der Waals surface area contributed by atoms with E-state index in [-0.39, 0.29) is 13.2 Å². The molecule has 0 spiro atoms. The van der Waals surface area contributed by atoms with E-state index in [0.29, 0.717) is 29.0 Å². The molecule has 28 heavy (non-hydrogen) atoms. The first kappa shape index (κ1) is 20.8. The molecule has 2 N–H and O–H groups in total. The lowest BCUT2D eigenvalue weighted by Crippen LogP contribution is -2.22. The minimum absolute atomic E-state index is 0.238. The molecule has 0 saturated carbocycles. The molecule has 0 bridgehead atoms. The van der Waals surface area contributed by atoms with Crippen LogP contribution in [0.4, 0.5) is 5.69 Å². The topological polar surface area (TPSA) is 109 Å². The third kappa shape index (κ3) is 5.48. The van der Waals surface area contributed by atoms with E-state index in [9.17, 15) is 14.7 Å². The molecule has 1 atom stereocenters. The number of rotatable bonds is 9. The van der Waals surface area contributed by atoms with Gasteiger partial charge in [-0.05, 0) is 55.3 Å². The van der Waals surface area contributed by atoms with E-state index < -0.39 is 18.0 Å². The number of ether oxygens (including phenoxy) is 2. The van der Waals surface area contributed by atoms with Crippen LogP contribution in [-0.2, 0) is 20.7 Å². The van der Waals surface area contributed by atoms with E-state index in [1.807, 2.05) is 19.1 Å². The maximum absolute atomic E-state index is 12.0. The molecule has 2 aromatic rings. The van der Waals surface area contributed by atoms with Gasteiger partial charge in [0.25, 0.3) is 0 Å². The van der Waals surface area contributed by atoms with E-state index in [4.69, 9.17) is 14.7 Å². The SMILES string of the molecule is CCOC(=O)COc1ccc(CC)cc1C(Nc1ccc(C#N)cc1)C(=O)O. The number of benzene rings is 2. The summed E-state index contributed by atoms with van der Waals surface area (Å²) in [5, 5.41) is 21.6. The number of esters is 1. The zero-order valence-corrected chi connectivity index (χ0v) is 15.8. The molecule has 0 amide bonds. The van der Waals surface area contributed by atoms with Gasteiger partial charge in [-0.3, -0.25) is 0 Å². The van der Waals surface area contributed by atoms with Gasteiger partial charge in [-0.1, -0.05) is 13.0 Å². The lowest BCUT2D eigenvalue weighted by Gasteiger charge is -2.20. The van der Waals surface area contributed by atoms with E-state index in [0.717, 1.165) is 5.56 Å². The van der Waals surface area contributed by atoms with Crippen LogP contribution in [0, 0.1) is 11.3 Å². The molecule has 0 heterocycles. The second-order valence-electron chi connectivity index (χ2n) is 5.92. The van der Waals surface area contributed by atoms with Gasteiger partial charge >= 0.3 is 11.9 Å². The predicted octanol–water partition coefficient (Wildman–Crippen LogP) is 3.30. The molecule has 146 valence electrons. The molecule has 7 heteroatoms. The van der Waals surface area contributed by atoms with Crippen molar-refractivity contribution in [3.05, 3.63) is 59.2 Å². The first-order valence-electron chi connectivity index (χ1n) is 8.89. The summed E-state index contributed by atoms with van der Waals surface area (Å²) in [5.41, 5.74) is 2.36. The highest BCUT2D eigenvalue weighted by molar-refractivity contribution is 5.80. The highest BCUT2D eigenvalue weighted by Crippen LogP contribution is 2.30. The van der Waals surface area contributed by atoms with Gasteiger partial charge in [-0.25, -0.2) is 9.59 Å². The number of aryl methyl sites for hydroxylation is 1. The molecule has 0 radical (unpaired) electrons. The van der Waals surface area contributed by atoms with Gasteiger partial charge in [-0.15, -0.1) is 0 Å². The summed E-state index contributed by atoms with van der Waals surface area (Å²) in [4.78, 5) is 23.6. The van der Waals surface area contributed by atoms with Crippen LogP contribution in [0.3, 0.4) is 0 Å². The third-order valence-corrected chi connectivity index (χ3v) is 4.02. The number of aliphatic carboxylic acids is 1. The Morgan fingerprint density at radius 3 is 2.46 bits per heavy atom. The normalized spacial score (nSPS) is 11.2. The average molecular weight is 382 g/mol. The van der Waals surface area contributed by atoms with Crippen molar-refractivity contribution in [2.24, 2.45) is 0 Å². The van der Waals surface area contributed by atoms with Crippen LogP contribution in [0.1, 0.15) is 36.6 Å². The zero-order chi connectivity index (χ0) is 20.5. The van der Waals surface area contributed by atoms with Crippen molar-refractivity contribution in [1.29, 1.82) is 5.26 Å². The van der Waals surface area contributed by atoms with Crippen LogP contribution in [-0.4, -0.2) is 30.3 Å². The zero-order valence-electron chi connectivity index (χ0n) is 15.8. The number of carboxylic acid groups (broad SMARTS) is 1. The van der Waals surface area contributed by atoms with Crippen LogP contribution < -0.4 is 10.1 Å². The monoisotopic (exact) mass is 382 g/mol. The average Bonchev–Trinajstić information content (AvgIpc) is 2.71. The lowest BCUT2D eigenvalue weighted by molar-refractivity contribution is -0.145. The number of carbonyl (C=O) groups is 2. The number of anilines is 1. The van der Waals surface area contributed by atoms with Crippen LogP contribution >= 0.6 is 0 Å². The van der Waals surface area contributed by atoms with Crippen LogP contribution in [0.2, 0.25) is 0 Å². The van der Waals surface area contributed by atoms with Gasteiger partial charge < -0.3 is 19.9 Å². The second-order valence-corrected chi connectivity index (χ2v) is 5.92. The molecular formula is C21H22N2O5. The summed E-state index contributed by atoms with van der Waals surface area (Å²) in [7, 11) is 0. The standard InChI is InChI=1S/C21H22N2O5/c1-3-14-7-10-18(28-13-19(24)27-4-2)17(11-14)20(21(25)26)23-16-8-5-15(12-22)6-9-16/h5-11,20,23H,3-4,13H2,1-2H3,(H,25,26). The number of nitriles is 1. The Kier molecular flexibility index (Phi) is 7.40. The lowest BCUT2D eigenvalue weighted by atomic mass is 10.0. The summed E-state index contributed by atoms with van der Waals surface area (Å²) < 4.78 is 10.4. The predicted molar refractivity (Wildman–Crippen MR) is 103 cm³/mol. The molecule has 0 aliphatic carbocycles. The van der Waals surface area contributed by atoms with Crippen LogP contribution in [0.15, 0.2) is 42.5 Å². The molecule has 0 aliphatic heterocycles. The smallest absolute Gasteiger partial charge is 0.344 e. The molecule has 1 unspecified atom stereocenters. The summed E-state index contributed by atoms with van der Waals surface area (Å²) >= 11 is 0. The largest absolute Gasteiger partial charge is 0.482 e. The summed E-state index contributed by atoms with van der Waals surface area (Å²) in [6.45, 7) is 3.58. The number of nitrogens with one attached hydrogen (secondary N) is 1. The summed E-state index contributed by atoms with van der Waals surface area (Å²) in [6.07, 6.45) is 0.717. The van der Waals surface area contributed by atoms with E-state index >= 15 is 0 Å². The quantitative estimate of drug-likeness (QED) is 0.641. The highest BCUT2D eigenvalue weighted by Gasteiger charge is 2.24. The van der Waals surface area contributed by atoms with Gasteiger partial charge in [0, 0.05) is 11.3 Å². The van der Waals surface area contributed by atoms with Gasteiger partial charge in [-0.2, -0.15) is 5.26 Å². The molecule has 0 saturated heterocycles. The van der Waals surface area contributed by atoms with E-state index in [1.165, 1.54) is 0 Å². The molecule has 0 aliphatic rings. The highest BCUT2D eigenvalue weighted by atomic mass is 16.6. The van der Waals surface area contributed by atoms with Crippen molar-refractivity contribution in [2.45, 2.75) is 26.3 Å². The van der Waals surface area contributed by atoms with Crippen molar-refractivity contribution in [3.63, 3.8) is 0 Å². The minimum Gasteiger partial charge on any atom is -0.482 e. The van der Waals surface area contributed by atoms with Crippen molar-refractivity contribution < 1.29 is 24.2 Å². The Hall–Kier alpha value is -3.53. The first-order chi connectivity index (χ1) is 13.5. The van der Waals surface area contributed by atoms with E-state index in [2.05, 4.69) is 5.32 Å². The fraction of sp³-hybridized carbons (Fsp3) is 0.286. The van der Waals surface area contributed by atoms with Crippen LogP contribution in [0.5, 0.6) is 5.75 Å².